The number of H-pyrrole nitrogens is 1. The Labute approximate surface area is 335 Å². The van der Waals surface area contributed by atoms with Crippen molar-refractivity contribution in [1.29, 1.82) is 0 Å². The van der Waals surface area contributed by atoms with Gasteiger partial charge in [-0.1, -0.05) is 64.1 Å². The number of morpholine rings is 3. The third-order valence-electron chi connectivity index (χ3n) is 9.50. The van der Waals surface area contributed by atoms with Gasteiger partial charge in [0.15, 0.2) is 0 Å². The van der Waals surface area contributed by atoms with Gasteiger partial charge in [0.05, 0.1) is 45.8 Å². The Morgan fingerprint density at radius 3 is 1.77 bits per heavy atom. The number of benzene rings is 4. The smallest absolute Gasteiger partial charge is 0.419 e. The Bertz CT molecular complexity index is 1730. The maximum atomic E-state index is 5.95. The second-order valence-corrected chi connectivity index (χ2v) is 13.8. The van der Waals surface area contributed by atoms with Crippen molar-refractivity contribution in [1.82, 2.24) is 10.2 Å². The topological polar surface area (TPSA) is 92.1 Å². The van der Waals surface area contributed by atoms with Crippen LogP contribution in [-0.2, 0) is 14.2 Å². The average Bonchev–Trinajstić information content (AvgIpc) is 3.78. The molecule has 3 saturated heterocycles. The Balaban J connectivity index is 0.000000173. The van der Waals surface area contributed by atoms with Crippen LogP contribution in [0.1, 0.15) is 23.5 Å². The summed E-state index contributed by atoms with van der Waals surface area (Å²) in [6.07, 6.45) is 4.69. The fraction of sp³-hybridized carbons (Fsp3) is 0.357. The molecule has 0 spiro atoms. The fourth-order valence-corrected chi connectivity index (χ4v) is 7.05. The van der Waals surface area contributed by atoms with E-state index in [1.165, 1.54) is 33.8 Å². The van der Waals surface area contributed by atoms with Crippen LogP contribution in [0.4, 0.5) is 17.1 Å². The van der Waals surface area contributed by atoms with Crippen molar-refractivity contribution in [2.45, 2.75) is 12.3 Å². The molecule has 4 aromatic carbocycles. The van der Waals surface area contributed by atoms with E-state index in [1.54, 1.807) is 0 Å². The van der Waals surface area contributed by atoms with Gasteiger partial charge in [0, 0.05) is 72.8 Å². The van der Waals surface area contributed by atoms with Gasteiger partial charge in [-0.25, -0.2) is 0 Å². The number of anilines is 3. The summed E-state index contributed by atoms with van der Waals surface area (Å²) in [5.74, 6) is 0.300. The molecule has 0 bridgehead atoms. The summed E-state index contributed by atoms with van der Waals surface area (Å²) < 4.78 is 17.2. The van der Waals surface area contributed by atoms with Crippen LogP contribution in [0.3, 0.4) is 0 Å². The van der Waals surface area contributed by atoms with Crippen molar-refractivity contribution >= 4 is 33.0 Å². The number of ether oxygens (including phenoxy) is 3. The number of halogens is 1. The number of aromatic amines is 1. The Morgan fingerprint density at radius 1 is 0.679 bits per heavy atom. The Hall–Kier alpha value is -3.59. The van der Waals surface area contributed by atoms with Crippen molar-refractivity contribution in [3.8, 4) is 11.1 Å². The molecule has 1 unspecified atom stereocenters. The summed E-state index contributed by atoms with van der Waals surface area (Å²) >= 11 is 3.47. The van der Waals surface area contributed by atoms with E-state index in [9.17, 15) is 0 Å². The molecule has 8 rings (SSSR count). The van der Waals surface area contributed by atoms with Crippen molar-refractivity contribution in [3.05, 3.63) is 131 Å². The summed E-state index contributed by atoms with van der Waals surface area (Å²) in [6.45, 7) is 11.5. The second-order valence-electron chi connectivity index (χ2n) is 12.9. The SMILES string of the molecule is Brc1cccc(N2CCOCC2)c1.NCCC(c1ccc(-c2cn[nH]c2)cc1)c1cccc(N2CCOCC2)c1.[Li+].[c-]1cccc(N2CCOCC2)c1. The van der Waals surface area contributed by atoms with Crippen LogP contribution < -0.4 is 39.3 Å². The number of aromatic nitrogens is 2. The third kappa shape index (κ3) is 12.2. The van der Waals surface area contributed by atoms with E-state index in [4.69, 9.17) is 19.9 Å². The molecule has 5 aromatic rings. The molecule has 3 fully saturated rings. The van der Waals surface area contributed by atoms with E-state index in [-0.39, 0.29) is 18.9 Å². The van der Waals surface area contributed by atoms with Crippen LogP contribution in [0, 0.1) is 6.07 Å². The van der Waals surface area contributed by atoms with Gasteiger partial charge in [0.25, 0.3) is 0 Å². The molecule has 274 valence electrons. The molecule has 1 atom stereocenters. The molecule has 0 saturated carbocycles. The monoisotopic (exact) mass is 772 g/mol. The number of nitrogens with two attached hydrogens (primary N) is 1. The van der Waals surface area contributed by atoms with Gasteiger partial charge in [-0.05, 0) is 60.0 Å². The number of nitrogens with one attached hydrogen (secondary N) is 1. The molecule has 1 aromatic heterocycles. The van der Waals surface area contributed by atoms with E-state index in [1.807, 2.05) is 36.7 Å². The molecule has 0 amide bonds. The minimum Gasteiger partial charge on any atom is -0.419 e. The quantitative estimate of drug-likeness (QED) is 0.181. The molecule has 3 aliphatic rings. The van der Waals surface area contributed by atoms with Crippen LogP contribution in [0.5, 0.6) is 0 Å². The molecule has 53 heavy (non-hydrogen) atoms. The maximum Gasteiger partial charge on any atom is 1.00 e. The minimum absolute atomic E-state index is 0. The zero-order valence-corrected chi connectivity index (χ0v) is 32.4. The summed E-state index contributed by atoms with van der Waals surface area (Å²) in [7, 11) is 0. The van der Waals surface area contributed by atoms with Crippen LogP contribution in [0.25, 0.3) is 11.1 Å². The first-order valence-electron chi connectivity index (χ1n) is 18.3. The van der Waals surface area contributed by atoms with E-state index >= 15 is 0 Å². The van der Waals surface area contributed by atoms with E-state index < -0.39 is 0 Å². The Kier molecular flexibility index (Phi) is 16.8. The predicted molar refractivity (Wildman–Crippen MR) is 214 cm³/mol. The van der Waals surface area contributed by atoms with E-state index in [0.29, 0.717) is 12.5 Å². The van der Waals surface area contributed by atoms with Gasteiger partial charge in [0.1, 0.15) is 0 Å². The largest absolute Gasteiger partial charge is 1.00 e. The van der Waals surface area contributed by atoms with Crippen LogP contribution in [0.15, 0.2) is 114 Å². The molecule has 9 nitrogen and oxygen atoms in total. The van der Waals surface area contributed by atoms with Crippen LogP contribution in [0.2, 0.25) is 0 Å². The van der Waals surface area contributed by atoms with Crippen LogP contribution in [-0.4, -0.2) is 95.7 Å². The molecule has 4 heterocycles. The van der Waals surface area contributed by atoms with Crippen molar-refractivity contribution < 1.29 is 33.1 Å². The summed E-state index contributed by atoms with van der Waals surface area (Å²) in [5, 5.41) is 6.90. The van der Waals surface area contributed by atoms with Gasteiger partial charge >= 0.3 is 18.9 Å². The van der Waals surface area contributed by atoms with Crippen molar-refractivity contribution in [2.75, 3.05) is 100 Å². The van der Waals surface area contributed by atoms with Gasteiger partial charge in [-0.15, -0.1) is 6.07 Å². The third-order valence-corrected chi connectivity index (χ3v) is 9.99. The van der Waals surface area contributed by atoms with Gasteiger partial charge in [-0.3, -0.25) is 5.10 Å². The Morgan fingerprint density at radius 2 is 1.25 bits per heavy atom. The molecule has 3 N–H and O–H groups in total. The van der Waals surface area contributed by atoms with Gasteiger partial charge in [-0.2, -0.15) is 29.4 Å². The van der Waals surface area contributed by atoms with Crippen LogP contribution >= 0.6 is 15.9 Å². The normalized spacial score (nSPS) is 16.3. The molecule has 0 aliphatic carbocycles. The maximum absolute atomic E-state index is 5.95. The zero-order valence-electron chi connectivity index (χ0n) is 30.8. The first kappa shape index (κ1) is 40.6. The van der Waals surface area contributed by atoms with Gasteiger partial charge in [0.2, 0.25) is 0 Å². The summed E-state index contributed by atoms with van der Waals surface area (Å²) in [6, 6.07) is 37.2. The van der Waals surface area contributed by atoms with Crippen molar-refractivity contribution in [2.24, 2.45) is 5.73 Å². The van der Waals surface area contributed by atoms with E-state index in [0.717, 1.165) is 95.4 Å². The predicted octanol–water partition coefficient (Wildman–Crippen LogP) is 4.01. The summed E-state index contributed by atoms with van der Waals surface area (Å²) in [5.41, 5.74) is 14.6. The molecule has 3 aliphatic heterocycles. The minimum atomic E-state index is 0. The number of hydrogen-bond acceptors (Lipinski definition) is 8. The van der Waals surface area contributed by atoms with Gasteiger partial charge < -0.3 is 34.6 Å². The molecular formula is C42H50BrLiN6O3. The average molecular weight is 774 g/mol. The number of rotatable bonds is 8. The zero-order chi connectivity index (χ0) is 35.8. The van der Waals surface area contributed by atoms with Crippen molar-refractivity contribution in [3.63, 3.8) is 0 Å². The van der Waals surface area contributed by atoms with E-state index in [2.05, 4.69) is 120 Å². The standard InChI is InChI=1S/C22H26N4O.C10H12BrNO.C10H12NO.Li/c23-9-8-22(18-6-4-17(5-7-18)20-15-24-25-16-20)19-2-1-3-21(14-19)26-10-12-27-13-11-26;11-9-2-1-3-10(8-9)12-4-6-13-7-5-12;1-2-4-10(5-3-1)11-6-8-12-9-7-11;/h1-7,14-16,22H,8-13,23H2,(H,24,25);1-3,8H,4-7H2;1-2,4-5H,6-9H2;/q;;-1;+1. The fourth-order valence-electron chi connectivity index (χ4n) is 6.67. The number of hydrogen-bond donors (Lipinski definition) is 2. The molecule has 0 radical (unpaired) electrons. The number of nitrogens with zero attached hydrogens (tertiary/aromatic N) is 4. The first-order chi connectivity index (χ1) is 25.7. The second kappa shape index (κ2) is 21.9. The summed E-state index contributed by atoms with van der Waals surface area (Å²) in [4.78, 5) is 7.06. The molecule has 11 heteroatoms. The first-order valence-corrected chi connectivity index (χ1v) is 19.1. The molecular weight excluding hydrogens is 723 g/mol.